The lowest BCUT2D eigenvalue weighted by molar-refractivity contribution is -0.741. The molecular formula is C5H14N2OP+. The smallest absolute Gasteiger partial charge is 0.301 e. The highest BCUT2D eigenvalue weighted by atomic mass is 31.2. The van der Waals surface area contributed by atoms with E-state index >= 15 is 0 Å². The van der Waals surface area contributed by atoms with Crippen LogP contribution < -0.4 is 4.67 Å². The van der Waals surface area contributed by atoms with Gasteiger partial charge in [-0.15, -0.1) is 0 Å². The van der Waals surface area contributed by atoms with E-state index in [1.54, 1.807) is 7.11 Å². The quantitative estimate of drug-likeness (QED) is 0.497. The third kappa shape index (κ3) is 1.41. The number of likely N-dealkylation sites (N-methyl/N-ethyl adjacent to an activating group) is 2. The van der Waals surface area contributed by atoms with Crippen molar-refractivity contribution in [3.8, 4) is 0 Å². The number of hydrogen-bond donors (Lipinski definition) is 1. The molecule has 1 aliphatic rings. The van der Waals surface area contributed by atoms with Crippen molar-refractivity contribution < 1.29 is 9.19 Å². The molecule has 54 valence electrons. The SMILES string of the molecule is COP1N(C)CC[NH+]1C. The molecule has 3 nitrogen and oxygen atoms in total. The highest BCUT2D eigenvalue weighted by molar-refractivity contribution is 7.42. The van der Waals surface area contributed by atoms with E-state index in [4.69, 9.17) is 4.52 Å². The summed E-state index contributed by atoms with van der Waals surface area (Å²) in [5, 5.41) is 0. The average molecular weight is 149 g/mol. The Morgan fingerprint density at radius 1 is 1.67 bits per heavy atom. The Bertz CT molecular complexity index is 91.0. The van der Waals surface area contributed by atoms with E-state index in [1.165, 1.54) is 17.8 Å². The van der Waals surface area contributed by atoms with E-state index in [-0.39, 0.29) is 8.45 Å². The zero-order chi connectivity index (χ0) is 6.85. The Hall–Kier alpha value is 0.310. The van der Waals surface area contributed by atoms with Gasteiger partial charge < -0.3 is 4.52 Å². The van der Waals surface area contributed by atoms with Crippen LogP contribution in [0.5, 0.6) is 0 Å². The van der Waals surface area contributed by atoms with Gasteiger partial charge in [0.05, 0.1) is 20.1 Å². The summed E-state index contributed by atoms with van der Waals surface area (Å²) in [6.45, 7) is 2.39. The Morgan fingerprint density at radius 3 is 2.56 bits per heavy atom. The second-order valence-corrected chi connectivity index (χ2v) is 4.68. The van der Waals surface area contributed by atoms with Gasteiger partial charge in [0.25, 0.3) is 0 Å². The molecule has 1 saturated heterocycles. The second kappa shape index (κ2) is 2.93. The van der Waals surface area contributed by atoms with E-state index in [2.05, 4.69) is 18.8 Å². The molecule has 2 unspecified atom stereocenters. The van der Waals surface area contributed by atoms with Crippen molar-refractivity contribution in [3.05, 3.63) is 0 Å². The van der Waals surface area contributed by atoms with E-state index in [9.17, 15) is 0 Å². The van der Waals surface area contributed by atoms with Gasteiger partial charge in [0.15, 0.2) is 0 Å². The number of nitrogens with one attached hydrogen (secondary N) is 1. The van der Waals surface area contributed by atoms with Gasteiger partial charge >= 0.3 is 8.45 Å². The zero-order valence-electron chi connectivity index (χ0n) is 6.22. The van der Waals surface area contributed by atoms with Crippen molar-refractivity contribution >= 4 is 8.45 Å². The summed E-state index contributed by atoms with van der Waals surface area (Å²) >= 11 is 0. The molecule has 9 heavy (non-hydrogen) atoms. The van der Waals surface area contributed by atoms with Gasteiger partial charge in [0.2, 0.25) is 0 Å². The minimum Gasteiger partial charge on any atom is -0.301 e. The lowest BCUT2D eigenvalue weighted by Crippen LogP contribution is -3.01. The third-order valence-corrected chi connectivity index (χ3v) is 3.65. The molecule has 2 atom stereocenters. The molecule has 0 aromatic rings. The maximum absolute atomic E-state index is 5.29. The van der Waals surface area contributed by atoms with Gasteiger partial charge in [0.1, 0.15) is 0 Å². The number of rotatable bonds is 1. The van der Waals surface area contributed by atoms with Crippen LogP contribution in [-0.2, 0) is 4.52 Å². The molecule has 1 aliphatic heterocycles. The molecule has 1 fully saturated rings. The Labute approximate surface area is 57.5 Å². The monoisotopic (exact) mass is 149 g/mol. The predicted molar refractivity (Wildman–Crippen MR) is 38.3 cm³/mol. The largest absolute Gasteiger partial charge is 0.341 e. The fourth-order valence-electron chi connectivity index (χ4n) is 1.10. The first-order valence-electron chi connectivity index (χ1n) is 3.13. The van der Waals surface area contributed by atoms with Crippen LogP contribution in [0.2, 0.25) is 0 Å². The molecule has 0 aromatic heterocycles. The van der Waals surface area contributed by atoms with Crippen LogP contribution in [0.3, 0.4) is 0 Å². The molecule has 0 amide bonds. The summed E-state index contributed by atoms with van der Waals surface area (Å²) in [5.41, 5.74) is 0. The van der Waals surface area contributed by atoms with E-state index < -0.39 is 0 Å². The van der Waals surface area contributed by atoms with Crippen molar-refractivity contribution in [1.82, 2.24) is 4.67 Å². The molecular weight excluding hydrogens is 135 g/mol. The Balaban J connectivity index is 2.44. The van der Waals surface area contributed by atoms with Crippen molar-refractivity contribution in [2.45, 2.75) is 0 Å². The molecule has 0 aromatic carbocycles. The van der Waals surface area contributed by atoms with Gasteiger partial charge in [-0.3, -0.25) is 4.67 Å². The van der Waals surface area contributed by atoms with Crippen molar-refractivity contribution in [2.24, 2.45) is 0 Å². The summed E-state index contributed by atoms with van der Waals surface area (Å²) < 4.78 is 9.08. The van der Waals surface area contributed by atoms with Gasteiger partial charge in [-0.05, 0) is 7.05 Å². The topological polar surface area (TPSA) is 16.9 Å². The first-order valence-corrected chi connectivity index (χ1v) is 4.34. The van der Waals surface area contributed by atoms with E-state index in [0.29, 0.717) is 0 Å². The van der Waals surface area contributed by atoms with E-state index in [0.717, 1.165) is 0 Å². The van der Waals surface area contributed by atoms with Crippen molar-refractivity contribution in [3.63, 3.8) is 0 Å². The minimum atomic E-state index is -0.315. The summed E-state index contributed by atoms with van der Waals surface area (Å²) in [6.07, 6.45) is 0. The maximum Gasteiger partial charge on any atom is 0.341 e. The molecule has 1 N–H and O–H groups in total. The van der Waals surface area contributed by atoms with Gasteiger partial charge in [-0.2, -0.15) is 0 Å². The third-order valence-electron chi connectivity index (χ3n) is 1.61. The minimum absolute atomic E-state index is 0.315. The summed E-state index contributed by atoms with van der Waals surface area (Å²) in [5.74, 6) is 0. The average Bonchev–Trinajstić information content (AvgIpc) is 2.12. The molecule has 0 bridgehead atoms. The van der Waals surface area contributed by atoms with Crippen LogP contribution in [0.25, 0.3) is 0 Å². The zero-order valence-corrected chi connectivity index (χ0v) is 7.11. The van der Waals surface area contributed by atoms with Crippen LogP contribution in [0, 0.1) is 0 Å². The highest BCUT2D eigenvalue weighted by Gasteiger charge is 2.32. The van der Waals surface area contributed by atoms with E-state index in [1.807, 2.05) is 0 Å². The van der Waals surface area contributed by atoms with Crippen LogP contribution >= 0.6 is 8.45 Å². The van der Waals surface area contributed by atoms with Crippen LogP contribution in [-0.4, -0.2) is 39.0 Å². The first-order chi connectivity index (χ1) is 4.25. The molecule has 4 heteroatoms. The van der Waals surface area contributed by atoms with Crippen molar-refractivity contribution in [2.75, 3.05) is 34.3 Å². The molecule has 0 aliphatic carbocycles. The first kappa shape index (κ1) is 7.42. The summed E-state index contributed by atoms with van der Waals surface area (Å²) in [4.78, 5) is 0. The Morgan fingerprint density at radius 2 is 2.33 bits per heavy atom. The summed E-state index contributed by atoms with van der Waals surface area (Å²) in [7, 11) is 5.77. The van der Waals surface area contributed by atoms with Crippen LogP contribution in [0.1, 0.15) is 0 Å². The van der Waals surface area contributed by atoms with Gasteiger partial charge in [-0.25, -0.2) is 4.67 Å². The standard InChI is InChI=1S/C5H13N2OP/c1-6-4-5-7(2)9(6)8-3/h4-5H2,1-3H3/p+1. The molecule has 0 saturated carbocycles. The molecule has 1 heterocycles. The van der Waals surface area contributed by atoms with Gasteiger partial charge in [-0.1, -0.05) is 0 Å². The lowest BCUT2D eigenvalue weighted by atomic mass is 10.6. The van der Waals surface area contributed by atoms with Crippen LogP contribution in [0.4, 0.5) is 0 Å². The fraction of sp³-hybridized carbons (Fsp3) is 1.00. The van der Waals surface area contributed by atoms with Gasteiger partial charge in [0, 0.05) is 7.11 Å². The molecule has 1 rings (SSSR count). The Kier molecular flexibility index (Phi) is 2.42. The molecule has 0 spiro atoms. The predicted octanol–water partition coefficient (Wildman–Crippen LogP) is -0.680. The molecule has 0 radical (unpaired) electrons. The van der Waals surface area contributed by atoms with Crippen molar-refractivity contribution in [1.29, 1.82) is 0 Å². The fourth-order valence-corrected chi connectivity index (χ4v) is 2.84. The number of nitrogens with zero attached hydrogens (tertiary/aromatic N) is 1. The highest BCUT2D eigenvalue weighted by Crippen LogP contribution is 2.31. The number of quaternary nitrogens is 1. The second-order valence-electron chi connectivity index (χ2n) is 2.32. The normalized spacial score (nSPS) is 37.7. The summed E-state index contributed by atoms with van der Waals surface area (Å²) in [6, 6.07) is 0. The lowest BCUT2D eigenvalue weighted by Gasteiger charge is -2.15. The number of hydrogen-bond acceptors (Lipinski definition) is 2. The van der Waals surface area contributed by atoms with Crippen LogP contribution in [0.15, 0.2) is 0 Å². The maximum atomic E-state index is 5.29.